The number of amides is 1. The zero-order chi connectivity index (χ0) is 20.2. The van der Waals surface area contributed by atoms with Crippen LogP contribution in [0.25, 0.3) is 0 Å². The van der Waals surface area contributed by atoms with Crippen LogP contribution < -0.4 is 14.4 Å². The average molecular weight is 435 g/mol. The minimum atomic E-state index is -3.24. The van der Waals surface area contributed by atoms with E-state index >= 15 is 0 Å². The van der Waals surface area contributed by atoms with Crippen molar-refractivity contribution in [3.8, 4) is 11.5 Å². The van der Waals surface area contributed by atoms with Gasteiger partial charge in [0.1, 0.15) is 0 Å². The van der Waals surface area contributed by atoms with E-state index in [1.165, 1.54) is 0 Å². The SMILES string of the molecule is O=C1CN(Cc2ccc3c(c2)OCO3)[C@H]2CS(=O)(=O)C[C@@H]2N1c1ccc(Cl)cc1. The van der Waals surface area contributed by atoms with Gasteiger partial charge in [0.05, 0.1) is 24.1 Å². The molecule has 2 fully saturated rings. The second-order valence-electron chi connectivity index (χ2n) is 7.54. The molecule has 5 rings (SSSR count). The third-order valence-electron chi connectivity index (χ3n) is 5.63. The van der Waals surface area contributed by atoms with Gasteiger partial charge in [-0.05, 0) is 42.0 Å². The predicted molar refractivity (Wildman–Crippen MR) is 108 cm³/mol. The Balaban J connectivity index is 1.45. The van der Waals surface area contributed by atoms with Crippen LogP contribution in [0, 0.1) is 0 Å². The summed E-state index contributed by atoms with van der Waals surface area (Å²) < 4.78 is 35.7. The van der Waals surface area contributed by atoms with Crippen molar-refractivity contribution in [1.82, 2.24) is 4.90 Å². The van der Waals surface area contributed by atoms with Gasteiger partial charge in [0.2, 0.25) is 12.7 Å². The number of piperazine rings is 1. The lowest BCUT2D eigenvalue weighted by atomic mass is 10.0. The van der Waals surface area contributed by atoms with Crippen molar-refractivity contribution < 1.29 is 22.7 Å². The number of sulfone groups is 1. The normalized spacial score (nSPS) is 25.3. The molecule has 0 bridgehead atoms. The Kier molecular flexibility index (Phi) is 4.45. The molecule has 9 heteroatoms. The molecule has 0 unspecified atom stereocenters. The number of ether oxygens (including phenoxy) is 2. The smallest absolute Gasteiger partial charge is 0.241 e. The number of carbonyl (C=O) groups excluding carboxylic acids is 1. The minimum absolute atomic E-state index is 0.0380. The lowest BCUT2D eigenvalue weighted by Gasteiger charge is -2.43. The molecule has 2 aromatic carbocycles. The molecule has 1 amide bonds. The van der Waals surface area contributed by atoms with E-state index in [0.717, 1.165) is 5.56 Å². The summed E-state index contributed by atoms with van der Waals surface area (Å²) in [6.45, 7) is 0.807. The van der Waals surface area contributed by atoms with Crippen molar-refractivity contribution in [2.75, 3.05) is 29.7 Å². The molecule has 29 heavy (non-hydrogen) atoms. The maximum Gasteiger partial charge on any atom is 0.241 e. The standard InChI is InChI=1S/C20H19ClN2O5S/c21-14-2-4-15(5-3-14)23-17-11-29(25,26)10-16(17)22(9-20(23)24)8-13-1-6-18-19(7-13)28-12-27-18/h1-7,16-17H,8-12H2/t16-,17-/m0/s1. The maximum atomic E-state index is 13.0. The van der Waals surface area contributed by atoms with E-state index < -0.39 is 15.9 Å². The molecule has 3 heterocycles. The Morgan fingerprint density at radius 2 is 1.72 bits per heavy atom. The molecular weight excluding hydrogens is 416 g/mol. The molecule has 0 radical (unpaired) electrons. The summed E-state index contributed by atoms with van der Waals surface area (Å²) in [6.07, 6.45) is 0. The highest BCUT2D eigenvalue weighted by atomic mass is 35.5. The minimum Gasteiger partial charge on any atom is -0.454 e. The van der Waals surface area contributed by atoms with Gasteiger partial charge in [-0.25, -0.2) is 8.42 Å². The highest BCUT2D eigenvalue weighted by molar-refractivity contribution is 7.91. The van der Waals surface area contributed by atoms with Crippen molar-refractivity contribution in [2.24, 2.45) is 0 Å². The van der Waals surface area contributed by atoms with E-state index in [4.69, 9.17) is 21.1 Å². The number of rotatable bonds is 3. The van der Waals surface area contributed by atoms with Crippen LogP contribution >= 0.6 is 11.6 Å². The molecule has 2 aromatic rings. The number of anilines is 1. The Hall–Kier alpha value is -2.29. The van der Waals surface area contributed by atoms with Gasteiger partial charge >= 0.3 is 0 Å². The Morgan fingerprint density at radius 1 is 1.00 bits per heavy atom. The zero-order valence-corrected chi connectivity index (χ0v) is 17.0. The number of hydrogen-bond acceptors (Lipinski definition) is 6. The number of benzene rings is 2. The molecule has 0 spiro atoms. The van der Waals surface area contributed by atoms with Crippen LogP contribution in [0.2, 0.25) is 5.02 Å². The molecular formula is C20H19ClN2O5S. The zero-order valence-electron chi connectivity index (χ0n) is 15.5. The van der Waals surface area contributed by atoms with Crippen LogP contribution in [-0.4, -0.2) is 56.2 Å². The van der Waals surface area contributed by atoms with Crippen molar-refractivity contribution in [1.29, 1.82) is 0 Å². The van der Waals surface area contributed by atoms with E-state index in [0.29, 0.717) is 28.8 Å². The van der Waals surface area contributed by atoms with Gasteiger partial charge < -0.3 is 14.4 Å². The quantitative estimate of drug-likeness (QED) is 0.736. The second-order valence-corrected chi connectivity index (χ2v) is 10.1. The lowest BCUT2D eigenvalue weighted by Crippen LogP contribution is -2.61. The average Bonchev–Trinajstić information content (AvgIpc) is 3.26. The molecule has 0 aromatic heterocycles. The fraction of sp³-hybridized carbons (Fsp3) is 0.350. The Bertz CT molecular complexity index is 1070. The number of halogens is 1. The summed E-state index contributed by atoms with van der Waals surface area (Å²) >= 11 is 5.97. The molecule has 152 valence electrons. The number of nitrogens with zero attached hydrogens (tertiary/aromatic N) is 2. The van der Waals surface area contributed by atoms with Gasteiger partial charge in [0.25, 0.3) is 0 Å². The molecule has 0 saturated carbocycles. The van der Waals surface area contributed by atoms with Crippen molar-refractivity contribution in [3.63, 3.8) is 0 Å². The first kappa shape index (κ1) is 18.7. The van der Waals surface area contributed by atoms with E-state index in [9.17, 15) is 13.2 Å². The highest BCUT2D eigenvalue weighted by Gasteiger charge is 2.49. The first-order valence-electron chi connectivity index (χ1n) is 9.30. The molecule has 7 nitrogen and oxygen atoms in total. The molecule has 0 aliphatic carbocycles. The Morgan fingerprint density at radius 3 is 2.52 bits per heavy atom. The van der Waals surface area contributed by atoms with Gasteiger partial charge in [-0.3, -0.25) is 9.69 Å². The molecule has 2 atom stereocenters. The summed E-state index contributed by atoms with van der Waals surface area (Å²) in [6, 6.07) is 11.9. The van der Waals surface area contributed by atoms with Crippen LogP contribution in [0.1, 0.15) is 5.56 Å². The van der Waals surface area contributed by atoms with Gasteiger partial charge in [-0.1, -0.05) is 17.7 Å². The van der Waals surface area contributed by atoms with E-state index in [1.54, 1.807) is 29.2 Å². The van der Waals surface area contributed by atoms with Crippen LogP contribution in [0.4, 0.5) is 5.69 Å². The van der Waals surface area contributed by atoms with Crippen LogP contribution in [-0.2, 0) is 21.2 Å². The summed E-state index contributed by atoms with van der Waals surface area (Å²) in [7, 11) is -3.24. The highest BCUT2D eigenvalue weighted by Crippen LogP contribution is 2.35. The van der Waals surface area contributed by atoms with Crippen LogP contribution in [0.3, 0.4) is 0 Å². The summed E-state index contributed by atoms with van der Waals surface area (Å²) in [5, 5.41) is 0.568. The van der Waals surface area contributed by atoms with Crippen molar-refractivity contribution >= 4 is 33.0 Å². The van der Waals surface area contributed by atoms with Crippen LogP contribution in [0.15, 0.2) is 42.5 Å². The predicted octanol–water partition coefficient (Wildman–Crippen LogP) is 2.08. The molecule has 0 N–H and O–H groups in total. The third-order valence-corrected chi connectivity index (χ3v) is 7.58. The molecule has 3 aliphatic heterocycles. The number of carbonyl (C=O) groups is 1. The first-order valence-corrected chi connectivity index (χ1v) is 11.5. The molecule has 2 saturated heterocycles. The first-order chi connectivity index (χ1) is 13.9. The summed E-state index contributed by atoms with van der Waals surface area (Å²) in [5.74, 6) is 1.25. The van der Waals surface area contributed by atoms with E-state index in [2.05, 4.69) is 0 Å². The summed E-state index contributed by atoms with van der Waals surface area (Å²) in [5.41, 5.74) is 1.62. The molecule has 3 aliphatic rings. The second kappa shape index (κ2) is 6.90. The van der Waals surface area contributed by atoms with E-state index in [-0.39, 0.29) is 36.8 Å². The van der Waals surface area contributed by atoms with Gasteiger partial charge in [0, 0.05) is 23.3 Å². The fourth-order valence-corrected chi connectivity index (χ4v) is 6.45. The van der Waals surface area contributed by atoms with E-state index in [1.807, 2.05) is 23.1 Å². The van der Waals surface area contributed by atoms with Crippen molar-refractivity contribution in [3.05, 3.63) is 53.1 Å². The summed E-state index contributed by atoms with van der Waals surface area (Å²) in [4.78, 5) is 16.6. The third kappa shape index (κ3) is 3.45. The van der Waals surface area contributed by atoms with Gasteiger partial charge in [-0.15, -0.1) is 0 Å². The van der Waals surface area contributed by atoms with Crippen molar-refractivity contribution in [2.45, 2.75) is 18.6 Å². The maximum absolute atomic E-state index is 13.0. The topological polar surface area (TPSA) is 76.1 Å². The van der Waals surface area contributed by atoms with Gasteiger partial charge in [0.15, 0.2) is 21.3 Å². The van der Waals surface area contributed by atoms with Gasteiger partial charge in [-0.2, -0.15) is 0 Å². The largest absolute Gasteiger partial charge is 0.454 e. The Labute approximate surface area is 173 Å². The van der Waals surface area contributed by atoms with Crippen LogP contribution in [0.5, 0.6) is 11.5 Å². The fourth-order valence-electron chi connectivity index (χ4n) is 4.34. The lowest BCUT2D eigenvalue weighted by molar-refractivity contribution is -0.123. The number of fused-ring (bicyclic) bond motifs is 2. The number of hydrogen-bond donors (Lipinski definition) is 0. The monoisotopic (exact) mass is 434 g/mol.